The Bertz CT molecular complexity index is 688. The molecule has 24 heavy (non-hydrogen) atoms. The average molecular weight is 356 g/mol. The Kier molecular flexibility index (Phi) is 5.85. The van der Waals surface area contributed by atoms with Gasteiger partial charge in [0.25, 0.3) is 0 Å². The van der Waals surface area contributed by atoms with Gasteiger partial charge >= 0.3 is 11.9 Å². The first-order valence-electron chi connectivity index (χ1n) is 6.76. The van der Waals surface area contributed by atoms with Crippen LogP contribution in [0.4, 0.5) is 0 Å². The molecular weight excluding hydrogens is 342 g/mol. The highest BCUT2D eigenvalue weighted by atomic mass is 35.5. The van der Waals surface area contributed by atoms with Crippen LogP contribution < -0.4 is 0 Å². The van der Waals surface area contributed by atoms with Crippen molar-refractivity contribution in [2.45, 2.75) is 12.3 Å². The fraction of sp³-hybridized carbons (Fsp3) is 0.286. The largest absolute Gasteiger partial charge is 0.473 e. The van der Waals surface area contributed by atoms with Gasteiger partial charge < -0.3 is 19.7 Å². The zero-order valence-corrected chi connectivity index (χ0v) is 13.1. The average Bonchev–Trinajstić information content (AvgIpc) is 3.21. The first-order chi connectivity index (χ1) is 11.4. The number of carboxylic acid groups (broad SMARTS) is 2. The predicted octanol–water partition coefficient (Wildman–Crippen LogP) is 0.987. The Balaban J connectivity index is 0.000000301. The third kappa shape index (κ3) is 4.28. The molecule has 1 aliphatic rings. The molecule has 3 rings (SSSR count). The molecule has 128 valence electrons. The lowest BCUT2D eigenvalue weighted by Crippen LogP contribution is -2.33. The van der Waals surface area contributed by atoms with Gasteiger partial charge in [0.15, 0.2) is 0 Å². The number of halogens is 1. The van der Waals surface area contributed by atoms with Gasteiger partial charge in [0, 0.05) is 10.6 Å². The molecule has 0 spiro atoms. The van der Waals surface area contributed by atoms with Crippen molar-refractivity contribution in [1.29, 1.82) is 0 Å². The third-order valence-corrected chi connectivity index (χ3v) is 3.39. The van der Waals surface area contributed by atoms with E-state index in [1.54, 1.807) is 11.0 Å². The summed E-state index contributed by atoms with van der Waals surface area (Å²) in [5.41, 5.74) is 0.819. The molecule has 1 fully saturated rings. The number of hydrogen-bond donors (Lipinski definition) is 2. The van der Waals surface area contributed by atoms with Crippen molar-refractivity contribution >= 4 is 23.5 Å². The number of aliphatic carboxylic acids is 2. The van der Waals surface area contributed by atoms with Gasteiger partial charge in [-0.05, 0) is 6.07 Å². The summed E-state index contributed by atoms with van der Waals surface area (Å²) in [7, 11) is 0. The number of aromatic nitrogens is 3. The summed E-state index contributed by atoms with van der Waals surface area (Å²) in [6.45, 7) is 1.51. The fourth-order valence-electron chi connectivity index (χ4n) is 2.08. The SMILES string of the molecule is Clc1ccccc1C1(Cn2cncn2)OCCO1.O=C(O)C(=O)O. The van der Waals surface area contributed by atoms with Crippen molar-refractivity contribution in [2.24, 2.45) is 0 Å². The molecule has 2 N–H and O–H groups in total. The second-order valence-electron chi connectivity index (χ2n) is 4.63. The minimum atomic E-state index is -1.82. The minimum absolute atomic E-state index is 0.427. The molecule has 1 aromatic carbocycles. The van der Waals surface area contributed by atoms with Crippen molar-refractivity contribution < 1.29 is 29.3 Å². The van der Waals surface area contributed by atoms with E-state index in [0.29, 0.717) is 24.8 Å². The van der Waals surface area contributed by atoms with Crippen LogP contribution in [0.2, 0.25) is 5.02 Å². The summed E-state index contributed by atoms with van der Waals surface area (Å²) in [5.74, 6) is -4.52. The molecule has 2 heterocycles. The Labute approximate surface area is 141 Å². The van der Waals surface area contributed by atoms with E-state index in [9.17, 15) is 0 Å². The zero-order valence-electron chi connectivity index (χ0n) is 12.3. The van der Waals surface area contributed by atoms with Gasteiger partial charge in [-0.2, -0.15) is 5.10 Å². The van der Waals surface area contributed by atoms with Crippen molar-refractivity contribution in [3.05, 3.63) is 47.5 Å². The van der Waals surface area contributed by atoms with Crippen LogP contribution in [0, 0.1) is 0 Å². The highest BCUT2D eigenvalue weighted by Gasteiger charge is 2.40. The number of nitrogens with zero attached hydrogens (tertiary/aromatic N) is 3. The standard InChI is InChI=1S/C12H12ClN3O2.C2H2O4/c13-11-4-2-1-3-10(11)12(17-5-6-18-12)7-16-9-14-8-15-16;3-1(4)2(5)6/h1-4,8-9H,5-7H2;(H,3,4)(H,5,6). The van der Waals surface area contributed by atoms with E-state index >= 15 is 0 Å². The summed E-state index contributed by atoms with van der Waals surface area (Å²) in [6.07, 6.45) is 3.11. The van der Waals surface area contributed by atoms with Gasteiger partial charge in [0.2, 0.25) is 5.79 Å². The fourth-order valence-corrected chi connectivity index (χ4v) is 2.36. The molecule has 2 aromatic rings. The van der Waals surface area contributed by atoms with Crippen LogP contribution in [0.3, 0.4) is 0 Å². The summed E-state index contributed by atoms with van der Waals surface area (Å²) in [4.78, 5) is 22.1. The van der Waals surface area contributed by atoms with E-state index in [-0.39, 0.29) is 0 Å². The van der Waals surface area contributed by atoms with Crippen molar-refractivity contribution in [3.63, 3.8) is 0 Å². The normalized spacial score (nSPS) is 15.4. The first kappa shape index (κ1) is 17.9. The molecule has 0 saturated carbocycles. The topological polar surface area (TPSA) is 124 Å². The quantitative estimate of drug-likeness (QED) is 0.781. The number of hydrogen-bond acceptors (Lipinski definition) is 6. The smallest absolute Gasteiger partial charge is 0.414 e. The molecular formula is C14H14ClN3O6. The second-order valence-corrected chi connectivity index (χ2v) is 5.04. The van der Waals surface area contributed by atoms with Crippen LogP contribution in [0.5, 0.6) is 0 Å². The monoisotopic (exact) mass is 355 g/mol. The highest BCUT2D eigenvalue weighted by molar-refractivity contribution is 6.31. The third-order valence-electron chi connectivity index (χ3n) is 3.06. The van der Waals surface area contributed by atoms with Crippen LogP contribution >= 0.6 is 11.6 Å². The Morgan fingerprint density at radius 3 is 2.33 bits per heavy atom. The van der Waals surface area contributed by atoms with Crippen LogP contribution in [0.15, 0.2) is 36.9 Å². The van der Waals surface area contributed by atoms with Gasteiger partial charge in [-0.25, -0.2) is 19.3 Å². The number of benzene rings is 1. The Morgan fingerprint density at radius 2 is 1.83 bits per heavy atom. The van der Waals surface area contributed by atoms with Crippen LogP contribution in [-0.2, 0) is 31.4 Å². The van der Waals surface area contributed by atoms with Gasteiger partial charge in [-0.1, -0.05) is 29.8 Å². The molecule has 0 bridgehead atoms. The lowest BCUT2D eigenvalue weighted by Gasteiger charge is -2.28. The molecule has 0 radical (unpaired) electrons. The predicted molar refractivity (Wildman–Crippen MR) is 80.3 cm³/mol. The van der Waals surface area contributed by atoms with Crippen molar-refractivity contribution in [2.75, 3.05) is 13.2 Å². The number of carbonyl (C=O) groups is 2. The van der Waals surface area contributed by atoms with Gasteiger partial charge in [0.05, 0.1) is 13.2 Å². The summed E-state index contributed by atoms with van der Waals surface area (Å²) >= 11 is 6.23. The summed E-state index contributed by atoms with van der Waals surface area (Å²) in [5, 5.41) is 19.5. The summed E-state index contributed by atoms with van der Waals surface area (Å²) in [6, 6.07) is 7.52. The highest BCUT2D eigenvalue weighted by Crippen LogP contribution is 2.36. The first-order valence-corrected chi connectivity index (χ1v) is 7.14. The second kappa shape index (κ2) is 7.86. The number of carboxylic acids is 2. The molecule has 0 aliphatic carbocycles. The summed E-state index contributed by atoms with van der Waals surface area (Å²) < 4.78 is 13.2. The van der Waals surface area contributed by atoms with Gasteiger partial charge in [-0.3, -0.25) is 0 Å². The van der Waals surface area contributed by atoms with Crippen LogP contribution in [0.1, 0.15) is 5.56 Å². The van der Waals surface area contributed by atoms with E-state index in [1.165, 1.54) is 6.33 Å². The lowest BCUT2D eigenvalue weighted by atomic mass is 10.1. The van der Waals surface area contributed by atoms with Crippen LogP contribution in [0.25, 0.3) is 0 Å². The van der Waals surface area contributed by atoms with Crippen molar-refractivity contribution in [3.8, 4) is 0 Å². The maximum Gasteiger partial charge on any atom is 0.414 e. The molecule has 10 heteroatoms. The maximum absolute atomic E-state index is 9.10. The molecule has 1 aromatic heterocycles. The molecule has 0 atom stereocenters. The van der Waals surface area contributed by atoms with Crippen LogP contribution in [-0.4, -0.2) is 50.1 Å². The van der Waals surface area contributed by atoms with Gasteiger partial charge in [-0.15, -0.1) is 0 Å². The van der Waals surface area contributed by atoms with E-state index in [1.807, 2.05) is 24.3 Å². The minimum Gasteiger partial charge on any atom is -0.473 e. The van der Waals surface area contributed by atoms with Crippen molar-refractivity contribution in [1.82, 2.24) is 14.8 Å². The molecule has 0 amide bonds. The molecule has 1 aliphatic heterocycles. The molecule has 1 saturated heterocycles. The van der Waals surface area contributed by atoms with E-state index in [4.69, 9.17) is 40.9 Å². The van der Waals surface area contributed by atoms with E-state index in [2.05, 4.69) is 10.1 Å². The molecule has 9 nitrogen and oxygen atoms in total. The van der Waals surface area contributed by atoms with E-state index in [0.717, 1.165) is 5.56 Å². The van der Waals surface area contributed by atoms with E-state index < -0.39 is 17.7 Å². The Hall–Kier alpha value is -2.49. The number of rotatable bonds is 3. The zero-order chi connectivity index (χ0) is 17.6. The lowest BCUT2D eigenvalue weighted by molar-refractivity contribution is -0.177. The maximum atomic E-state index is 9.10. The number of ether oxygens (including phenoxy) is 2. The molecule has 0 unspecified atom stereocenters. The Morgan fingerprint density at radius 1 is 1.21 bits per heavy atom. The van der Waals surface area contributed by atoms with Gasteiger partial charge in [0.1, 0.15) is 19.2 Å².